The largest absolute Gasteiger partial charge is 0.317 e. The highest BCUT2D eigenvalue weighted by atomic mass is 19.1. The van der Waals surface area contributed by atoms with Gasteiger partial charge in [-0.2, -0.15) is 0 Å². The Morgan fingerprint density at radius 1 is 1.16 bits per heavy atom. The van der Waals surface area contributed by atoms with Gasteiger partial charge in [0.05, 0.1) is 0 Å². The lowest BCUT2D eigenvalue weighted by Gasteiger charge is -2.16. The van der Waals surface area contributed by atoms with Crippen LogP contribution in [0, 0.1) is 19.7 Å². The second-order valence-electron chi connectivity index (χ2n) is 5.19. The molecule has 98 valence electrons. The summed E-state index contributed by atoms with van der Waals surface area (Å²) in [5.74, 6) is -0.00262. The molecule has 0 radical (unpaired) electrons. The van der Waals surface area contributed by atoms with E-state index in [1.807, 2.05) is 23.6 Å². The molecule has 1 aromatic carbocycles. The zero-order chi connectivity index (χ0) is 13.6. The molecule has 0 bridgehead atoms. The molecular weight excluding hydrogens is 241 g/mol. The van der Waals surface area contributed by atoms with Crippen LogP contribution in [0.25, 0.3) is 5.69 Å². The Morgan fingerprint density at radius 3 is 2.68 bits per heavy atom. The molecule has 0 saturated heterocycles. The van der Waals surface area contributed by atoms with Crippen LogP contribution in [0.4, 0.5) is 4.39 Å². The summed E-state index contributed by atoms with van der Waals surface area (Å²) in [5.41, 5.74) is 4.26. The van der Waals surface area contributed by atoms with Gasteiger partial charge in [-0.25, -0.2) is 4.39 Å². The van der Waals surface area contributed by atoms with Gasteiger partial charge >= 0.3 is 0 Å². The second kappa shape index (κ2) is 4.34. The second-order valence-corrected chi connectivity index (χ2v) is 5.19. The van der Waals surface area contributed by atoms with Crippen molar-refractivity contribution >= 4 is 5.78 Å². The lowest BCUT2D eigenvalue weighted by Crippen LogP contribution is -2.12. The van der Waals surface area contributed by atoms with Gasteiger partial charge in [0.2, 0.25) is 0 Å². The summed E-state index contributed by atoms with van der Waals surface area (Å²) in [6, 6.07) is 7.15. The first kappa shape index (κ1) is 12.2. The Balaban J connectivity index is 2.20. The number of hydrogen-bond donors (Lipinski definition) is 0. The topological polar surface area (TPSA) is 22.0 Å². The molecule has 3 rings (SSSR count). The molecule has 2 nitrogen and oxygen atoms in total. The zero-order valence-corrected chi connectivity index (χ0v) is 11.2. The summed E-state index contributed by atoms with van der Waals surface area (Å²) in [7, 11) is 0. The van der Waals surface area contributed by atoms with E-state index in [4.69, 9.17) is 0 Å². The van der Waals surface area contributed by atoms with Gasteiger partial charge in [0.1, 0.15) is 5.82 Å². The maximum atomic E-state index is 13.7. The molecule has 1 aliphatic carbocycles. The van der Waals surface area contributed by atoms with E-state index < -0.39 is 0 Å². The van der Waals surface area contributed by atoms with Crippen molar-refractivity contribution in [3.8, 4) is 5.69 Å². The number of nitrogens with zero attached hydrogens (tertiary/aromatic N) is 1. The van der Waals surface area contributed by atoms with Crippen LogP contribution in [-0.2, 0) is 6.42 Å². The average molecular weight is 257 g/mol. The summed E-state index contributed by atoms with van der Waals surface area (Å²) in [4.78, 5) is 11.9. The van der Waals surface area contributed by atoms with Crippen molar-refractivity contribution in [3.63, 3.8) is 0 Å². The molecule has 19 heavy (non-hydrogen) atoms. The summed E-state index contributed by atoms with van der Waals surface area (Å²) in [6.07, 6.45) is 2.38. The molecule has 0 spiro atoms. The minimum absolute atomic E-state index is 0.204. The summed E-state index contributed by atoms with van der Waals surface area (Å²) < 4.78 is 15.7. The minimum Gasteiger partial charge on any atom is -0.317 e. The lowest BCUT2D eigenvalue weighted by atomic mass is 9.96. The Bertz CT molecular complexity index is 670. The Labute approximate surface area is 111 Å². The molecular formula is C16H16FNO. The van der Waals surface area contributed by atoms with Crippen molar-refractivity contribution in [1.29, 1.82) is 0 Å². The monoisotopic (exact) mass is 257 g/mol. The summed E-state index contributed by atoms with van der Waals surface area (Å²) in [5, 5.41) is 0. The van der Waals surface area contributed by atoms with Gasteiger partial charge in [0.15, 0.2) is 5.78 Å². The summed E-state index contributed by atoms with van der Waals surface area (Å²) >= 11 is 0. The fourth-order valence-corrected chi connectivity index (χ4v) is 2.81. The number of benzene rings is 1. The predicted molar refractivity (Wildman–Crippen MR) is 72.5 cm³/mol. The highest BCUT2D eigenvalue weighted by Crippen LogP contribution is 2.28. The third-order valence-corrected chi connectivity index (χ3v) is 3.82. The van der Waals surface area contributed by atoms with Crippen molar-refractivity contribution in [2.75, 3.05) is 0 Å². The fourth-order valence-electron chi connectivity index (χ4n) is 2.81. The van der Waals surface area contributed by atoms with Gasteiger partial charge < -0.3 is 4.57 Å². The lowest BCUT2D eigenvalue weighted by molar-refractivity contribution is 0.0972. The van der Waals surface area contributed by atoms with Crippen molar-refractivity contribution in [1.82, 2.24) is 4.57 Å². The van der Waals surface area contributed by atoms with E-state index in [0.717, 1.165) is 35.5 Å². The van der Waals surface area contributed by atoms with Gasteiger partial charge in [-0.1, -0.05) is 6.07 Å². The minimum atomic E-state index is -0.207. The number of carbonyl (C=O) groups excluding carboxylic acids is 1. The molecule has 1 aliphatic rings. The maximum absolute atomic E-state index is 13.7. The van der Waals surface area contributed by atoms with Gasteiger partial charge in [0, 0.05) is 29.1 Å². The fraction of sp³-hybridized carbons (Fsp3) is 0.312. The smallest absolute Gasteiger partial charge is 0.164 e. The van der Waals surface area contributed by atoms with Crippen LogP contribution in [0.15, 0.2) is 24.3 Å². The molecule has 0 fully saturated rings. The van der Waals surface area contributed by atoms with Crippen molar-refractivity contribution in [2.24, 2.45) is 0 Å². The molecule has 0 aliphatic heterocycles. The van der Waals surface area contributed by atoms with Crippen LogP contribution in [0.5, 0.6) is 0 Å². The van der Waals surface area contributed by atoms with Crippen LogP contribution in [0.2, 0.25) is 0 Å². The number of hydrogen-bond acceptors (Lipinski definition) is 1. The molecule has 1 heterocycles. The average Bonchev–Trinajstić information content (AvgIpc) is 2.71. The number of aryl methyl sites for hydroxylation is 2. The molecule has 2 aromatic rings. The number of rotatable bonds is 1. The van der Waals surface area contributed by atoms with Crippen LogP contribution >= 0.6 is 0 Å². The number of Topliss-reactive ketones (excluding diaryl/α,β-unsaturated/α-hetero) is 1. The van der Waals surface area contributed by atoms with Gasteiger partial charge in [0.25, 0.3) is 0 Å². The van der Waals surface area contributed by atoms with Gasteiger partial charge in [-0.3, -0.25) is 4.79 Å². The predicted octanol–water partition coefficient (Wildman–Crippen LogP) is 3.75. The van der Waals surface area contributed by atoms with E-state index >= 15 is 0 Å². The van der Waals surface area contributed by atoms with E-state index in [0.29, 0.717) is 12.0 Å². The van der Waals surface area contributed by atoms with E-state index in [2.05, 4.69) is 0 Å². The zero-order valence-electron chi connectivity index (χ0n) is 11.2. The van der Waals surface area contributed by atoms with Crippen molar-refractivity contribution in [3.05, 3.63) is 52.6 Å². The summed E-state index contributed by atoms with van der Waals surface area (Å²) in [6.45, 7) is 3.71. The van der Waals surface area contributed by atoms with E-state index in [-0.39, 0.29) is 11.6 Å². The van der Waals surface area contributed by atoms with Crippen LogP contribution in [0.1, 0.15) is 40.2 Å². The molecule has 0 amide bonds. The standard InChI is InChI=1S/C16H16FNO/c1-10-6-7-12(9-14(10)17)18-11(2)8-13-15(18)4-3-5-16(13)19/h6-9H,3-5H2,1-2H3. The maximum Gasteiger partial charge on any atom is 0.164 e. The SMILES string of the molecule is Cc1ccc(-n2c(C)cc3c2CCCC3=O)cc1F. The molecule has 0 unspecified atom stereocenters. The highest BCUT2D eigenvalue weighted by Gasteiger charge is 2.23. The Hall–Kier alpha value is -1.90. The molecule has 0 atom stereocenters. The number of carbonyl (C=O) groups is 1. The van der Waals surface area contributed by atoms with Crippen LogP contribution < -0.4 is 0 Å². The molecule has 0 N–H and O–H groups in total. The van der Waals surface area contributed by atoms with Crippen LogP contribution in [-0.4, -0.2) is 10.4 Å². The molecule has 1 aromatic heterocycles. The van der Waals surface area contributed by atoms with Gasteiger partial charge in [-0.05, 0) is 50.5 Å². The third-order valence-electron chi connectivity index (χ3n) is 3.82. The normalized spacial score (nSPS) is 14.6. The third kappa shape index (κ3) is 1.89. The first-order valence-corrected chi connectivity index (χ1v) is 6.59. The highest BCUT2D eigenvalue weighted by molar-refractivity contribution is 5.98. The first-order chi connectivity index (χ1) is 9.08. The van der Waals surface area contributed by atoms with Crippen molar-refractivity contribution in [2.45, 2.75) is 33.1 Å². The number of halogens is 1. The molecule has 0 saturated carbocycles. The number of aromatic nitrogens is 1. The Kier molecular flexibility index (Phi) is 2.77. The van der Waals surface area contributed by atoms with Crippen molar-refractivity contribution < 1.29 is 9.18 Å². The quantitative estimate of drug-likeness (QED) is 0.762. The number of fused-ring (bicyclic) bond motifs is 1. The first-order valence-electron chi connectivity index (χ1n) is 6.59. The van der Waals surface area contributed by atoms with E-state index in [9.17, 15) is 9.18 Å². The van der Waals surface area contributed by atoms with E-state index in [1.54, 1.807) is 19.1 Å². The van der Waals surface area contributed by atoms with E-state index in [1.165, 1.54) is 0 Å². The Morgan fingerprint density at radius 2 is 1.95 bits per heavy atom. The van der Waals surface area contributed by atoms with Crippen LogP contribution in [0.3, 0.4) is 0 Å². The number of ketones is 1. The van der Waals surface area contributed by atoms with Gasteiger partial charge in [-0.15, -0.1) is 0 Å². The molecule has 3 heteroatoms.